The largest absolute Gasteiger partial charge is 0.451 e. The zero-order chi connectivity index (χ0) is 32.2. The first kappa shape index (κ1) is 31.9. The van der Waals surface area contributed by atoms with E-state index in [1.807, 2.05) is 0 Å². The average Bonchev–Trinajstić information content (AvgIpc) is 3.75. The highest BCUT2D eigenvalue weighted by Gasteiger charge is 2.49. The summed E-state index contributed by atoms with van der Waals surface area (Å²) in [5, 5.41) is 0. The third kappa shape index (κ3) is 6.32. The standard InChI is InChI=1S/C28H24F8N4O3S/c1-14-20(30)11-22(40(14)44(42,43)19-7-5-18(29)6-8-19)23(41)9-4-16-10-21(17-12-37-26(38-13-17)28(34,35)36)39-25(15-2-3-15)24(16)27(31,32)33/h5-8,10,12-15,20,22H,2-4,9,11H2,1H3/t14-,20+,22-/m0/s1. The Labute approximate surface area is 246 Å². The Kier molecular flexibility index (Phi) is 8.29. The Morgan fingerprint density at radius 1 is 1.00 bits per heavy atom. The van der Waals surface area contributed by atoms with Crippen LogP contribution < -0.4 is 0 Å². The number of carbonyl (C=O) groups excluding carboxylic acids is 1. The number of aryl methyl sites for hydroxylation is 1. The van der Waals surface area contributed by atoms with Gasteiger partial charge in [0, 0.05) is 36.7 Å². The van der Waals surface area contributed by atoms with Crippen LogP contribution in [-0.4, -0.2) is 51.7 Å². The molecule has 3 atom stereocenters. The van der Waals surface area contributed by atoms with Gasteiger partial charge in [0.05, 0.1) is 33.9 Å². The van der Waals surface area contributed by atoms with Crippen LogP contribution in [0.5, 0.6) is 0 Å². The van der Waals surface area contributed by atoms with Crippen LogP contribution in [0.25, 0.3) is 11.3 Å². The maximum absolute atomic E-state index is 14.8. The highest BCUT2D eigenvalue weighted by atomic mass is 32.2. The molecule has 236 valence electrons. The number of aromatic nitrogens is 3. The quantitative estimate of drug-likeness (QED) is 0.267. The van der Waals surface area contributed by atoms with Gasteiger partial charge < -0.3 is 0 Å². The van der Waals surface area contributed by atoms with E-state index in [4.69, 9.17) is 0 Å². The highest BCUT2D eigenvalue weighted by molar-refractivity contribution is 7.89. The second-order valence-corrected chi connectivity index (χ2v) is 12.6. The maximum Gasteiger partial charge on any atom is 0.451 e. The summed E-state index contributed by atoms with van der Waals surface area (Å²) < 4.78 is 137. The molecule has 0 spiro atoms. The average molecular weight is 649 g/mol. The van der Waals surface area contributed by atoms with Crippen LogP contribution in [0.4, 0.5) is 35.1 Å². The minimum atomic E-state index is -4.90. The summed E-state index contributed by atoms with van der Waals surface area (Å²) in [6.07, 6.45) is -10.8. The minimum Gasteiger partial charge on any atom is -0.298 e. The molecule has 2 aromatic heterocycles. The predicted octanol–water partition coefficient (Wildman–Crippen LogP) is 6.28. The molecule has 16 heteroatoms. The Hall–Kier alpha value is -3.53. The summed E-state index contributed by atoms with van der Waals surface area (Å²) >= 11 is 0. The minimum absolute atomic E-state index is 0.0809. The zero-order valence-electron chi connectivity index (χ0n) is 22.8. The molecule has 5 rings (SSSR count). The Balaban J connectivity index is 1.48. The van der Waals surface area contributed by atoms with Gasteiger partial charge in [-0.05, 0) is 62.1 Å². The molecular formula is C28H24F8N4O3S. The summed E-state index contributed by atoms with van der Waals surface area (Å²) in [5.41, 5.74) is -1.99. The van der Waals surface area contributed by atoms with Crippen LogP contribution in [0.1, 0.15) is 61.2 Å². The normalized spacial score (nSPS) is 21.5. The van der Waals surface area contributed by atoms with E-state index in [9.17, 15) is 48.3 Å². The Morgan fingerprint density at radius 3 is 2.16 bits per heavy atom. The van der Waals surface area contributed by atoms with Gasteiger partial charge in [0.2, 0.25) is 15.8 Å². The van der Waals surface area contributed by atoms with Gasteiger partial charge in [0.25, 0.3) is 0 Å². The van der Waals surface area contributed by atoms with Crippen LogP contribution in [0, 0.1) is 5.82 Å². The number of carbonyl (C=O) groups is 1. The maximum atomic E-state index is 14.8. The number of alkyl halides is 7. The fourth-order valence-electron chi connectivity index (χ4n) is 5.32. The van der Waals surface area contributed by atoms with Gasteiger partial charge in [0.15, 0.2) is 5.78 Å². The molecule has 0 amide bonds. The van der Waals surface area contributed by atoms with Crippen LogP contribution in [0.15, 0.2) is 47.6 Å². The number of benzene rings is 1. The lowest BCUT2D eigenvalue weighted by atomic mass is 9.94. The van der Waals surface area contributed by atoms with Crippen LogP contribution in [0.2, 0.25) is 0 Å². The van der Waals surface area contributed by atoms with Crippen molar-refractivity contribution in [3.63, 3.8) is 0 Å². The van der Waals surface area contributed by atoms with Crippen molar-refractivity contribution in [2.45, 2.75) is 80.4 Å². The molecule has 0 radical (unpaired) electrons. The molecule has 1 aliphatic heterocycles. The van der Waals surface area contributed by atoms with E-state index in [0.717, 1.165) is 42.7 Å². The van der Waals surface area contributed by atoms with Crippen LogP contribution >= 0.6 is 0 Å². The predicted molar refractivity (Wildman–Crippen MR) is 139 cm³/mol. The fraction of sp³-hybridized carbons (Fsp3) is 0.429. The summed E-state index contributed by atoms with van der Waals surface area (Å²) in [6, 6.07) is 1.88. The second-order valence-electron chi connectivity index (χ2n) is 10.8. The summed E-state index contributed by atoms with van der Waals surface area (Å²) in [5.74, 6) is -3.56. The summed E-state index contributed by atoms with van der Waals surface area (Å²) in [6.45, 7) is 1.25. The number of ketones is 1. The Bertz CT molecular complexity index is 1660. The fourth-order valence-corrected chi connectivity index (χ4v) is 7.15. The monoisotopic (exact) mass is 648 g/mol. The highest BCUT2D eigenvalue weighted by Crippen LogP contribution is 2.47. The van der Waals surface area contributed by atoms with Gasteiger partial charge in [-0.1, -0.05) is 0 Å². The van der Waals surface area contributed by atoms with Crippen molar-refractivity contribution < 1.29 is 48.3 Å². The van der Waals surface area contributed by atoms with Crippen molar-refractivity contribution in [3.05, 3.63) is 71.2 Å². The third-order valence-corrected chi connectivity index (χ3v) is 9.67. The van der Waals surface area contributed by atoms with Crippen molar-refractivity contribution in [3.8, 4) is 11.3 Å². The number of hydrogen-bond donors (Lipinski definition) is 0. The molecule has 3 aromatic rings. The molecule has 3 heterocycles. The lowest BCUT2D eigenvalue weighted by Crippen LogP contribution is -2.44. The molecule has 1 saturated heterocycles. The molecule has 7 nitrogen and oxygen atoms in total. The summed E-state index contributed by atoms with van der Waals surface area (Å²) in [4.78, 5) is 23.6. The van der Waals surface area contributed by atoms with E-state index in [2.05, 4.69) is 15.0 Å². The molecule has 44 heavy (non-hydrogen) atoms. The Morgan fingerprint density at radius 2 is 1.61 bits per heavy atom. The van der Waals surface area contributed by atoms with E-state index in [1.165, 1.54) is 6.92 Å². The van der Waals surface area contributed by atoms with Gasteiger partial charge >= 0.3 is 12.4 Å². The van der Waals surface area contributed by atoms with Gasteiger partial charge in [-0.3, -0.25) is 9.78 Å². The number of rotatable bonds is 8. The van der Waals surface area contributed by atoms with Crippen molar-refractivity contribution in [2.75, 3.05) is 0 Å². The van der Waals surface area contributed by atoms with Gasteiger partial charge in [-0.15, -0.1) is 0 Å². The molecule has 1 saturated carbocycles. The van der Waals surface area contributed by atoms with Crippen molar-refractivity contribution in [2.24, 2.45) is 0 Å². The molecule has 1 aliphatic carbocycles. The number of pyridine rings is 1. The van der Waals surface area contributed by atoms with Gasteiger partial charge in [-0.25, -0.2) is 27.2 Å². The van der Waals surface area contributed by atoms with E-state index in [-0.39, 0.29) is 27.4 Å². The van der Waals surface area contributed by atoms with Crippen LogP contribution in [0.3, 0.4) is 0 Å². The molecule has 2 aliphatic rings. The topological polar surface area (TPSA) is 93.1 Å². The molecule has 0 unspecified atom stereocenters. The first-order chi connectivity index (χ1) is 20.5. The first-order valence-corrected chi connectivity index (χ1v) is 14.9. The number of halogens is 8. The lowest BCUT2D eigenvalue weighted by Gasteiger charge is -2.27. The van der Waals surface area contributed by atoms with E-state index in [0.29, 0.717) is 17.1 Å². The van der Waals surface area contributed by atoms with Crippen LogP contribution in [-0.2, 0) is 33.6 Å². The second kappa shape index (κ2) is 11.4. The van der Waals surface area contributed by atoms with E-state index in [1.54, 1.807) is 0 Å². The van der Waals surface area contributed by atoms with Gasteiger partial charge in [-0.2, -0.15) is 30.6 Å². The van der Waals surface area contributed by atoms with Crippen molar-refractivity contribution in [1.29, 1.82) is 0 Å². The smallest absolute Gasteiger partial charge is 0.298 e. The van der Waals surface area contributed by atoms with Gasteiger partial charge in [0.1, 0.15) is 12.0 Å². The first-order valence-electron chi connectivity index (χ1n) is 13.4. The van der Waals surface area contributed by atoms with E-state index < -0.39 is 88.8 Å². The molecule has 0 bridgehead atoms. The lowest BCUT2D eigenvalue weighted by molar-refractivity contribution is -0.145. The van der Waals surface area contributed by atoms with E-state index >= 15 is 0 Å². The van der Waals surface area contributed by atoms with Crippen molar-refractivity contribution >= 4 is 15.8 Å². The summed E-state index contributed by atoms with van der Waals surface area (Å²) in [7, 11) is -4.49. The SMILES string of the molecule is C[C@H]1[C@H](F)C[C@@H](C(=O)CCc2cc(-c3cnc(C(F)(F)F)nc3)nc(C3CC3)c2C(F)(F)F)N1S(=O)(=O)c1ccc(F)cc1. The van der Waals surface area contributed by atoms with Crippen molar-refractivity contribution in [1.82, 2.24) is 19.3 Å². The number of hydrogen-bond acceptors (Lipinski definition) is 6. The zero-order valence-corrected chi connectivity index (χ0v) is 23.6. The molecule has 2 fully saturated rings. The number of nitrogens with zero attached hydrogens (tertiary/aromatic N) is 4. The molecular weight excluding hydrogens is 624 g/mol. The number of sulfonamides is 1. The third-order valence-electron chi connectivity index (χ3n) is 7.66. The molecule has 1 aromatic carbocycles. The number of Topliss-reactive ketones (excluding diaryl/α,β-unsaturated/α-hetero) is 1. The molecule has 0 N–H and O–H groups in total.